The average Bonchev–Trinajstić information content (AvgIpc) is 2.37. The fourth-order valence-corrected chi connectivity index (χ4v) is 1.65. The zero-order chi connectivity index (χ0) is 12.5. The van der Waals surface area contributed by atoms with Crippen LogP contribution in [0.5, 0.6) is 0 Å². The van der Waals surface area contributed by atoms with E-state index in [0.29, 0.717) is 6.42 Å². The largest absolute Gasteiger partial charge is 0.385 e. The van der Waals surface area contributed by atoms with Gasteiger partial charge in [-0.05, 0) is 13.5 Å². The van der Waals surface area contributed by atoms with E-state index in [9.17, 15) is 4.79 Å². The Hall–Kier alpha value is -1.19. The summed E-state index contributed by atoms with van der Waals surface area (Å²) in [5.41, 5.74) is 0.804. The van der Waals surface area contributed by atoms with Crippen molar-refractivity contribution in [3.8, 4) is 0 Å². The van der Waals surface area contributed by atoms with Crippen LogP contribution < -0.4 is 0 Å². The molecule has 1 aromatic rings. The van der Waals surface area contributed by atoms with Crippen LogP contribution in [0.4, 0.5) is 0 Å². The zero-order valence-electron chi connectivity index (χ0n) is 10.7. The molecule has 3 nitrogen and oxygen atoms in total. The quantitative estimate of drug-likeness (QED) is 0.511. The topological polar surface area (TPSA) is 29.5 Å². The lowest BCUT2D eigenvalue weighted by atomic mass is 10.1. The third kappa shape index (κ3) is 5.61. The molecule has 0 unspecified atom stereocenters. The van der Waals surface area contributed by atoms with Gasteiger partial charge in [-0.3, -0.25) is 4.79 Å². The number of rotatable bonds is 8. The molecule has 94 valence electrons. The lowest BCUT2D eigenvalue weighted by Gasteiger charge is -2.15. The minimum absolute atomic E-state index is 0.212. The van der Waals surface area contributed by atoms with Crippen molar-refractivity contribution in [3.05, 3.63) is 35.9 Å². The van der Waals surface area contributed by atoms with E-state index in [2.05, 4.69) is 4.90 Å². The van der Waals surface area contributed by atoms with E-state index in [0.717, 1.165) is 31.7 Å². The number of benzene rings is 1. The summed E-state index contributed by atoms with van der Waals surface area (Å²) < 4.78 is 4.99. The Bertz CT molecular complexity index is 324. The van der Waals surface area contributed by atoms with Crippen molar-refractivity contribution in [2.45, 2.75) is 12.8 Å². The van der Waals surface area contributed by atoms with E-state index in [-0.39, 0.29) is 5.78 Å². The van der Waals surface area contributed by atoms with Gasteiger partial charge in [-0.2, -0.15) is 0 Å². The van der Waals surface area contributed by atoms with Gasteiger partial charge in [-0.25, -0.2) is 0 Å². The van der Waals surface area contributed by atoms with E-state index < -0.39 is 0 Å². The van der Waals surface area contributed by atoms with Gasteiger partial charge in [0.15, 0.2) is 5.78 Å². The monoisotopic (exact) mass is 235 g/mol. The van der Waals surface area contributed by atoms with Crippen LogP contribution in [-0.2, 0) is 4.74 Å². The van der Waals surface area contributed by atoms with Crippen LogP contribution in [0.25, 0.3) is 0 Å². The number of Topliss-reactive ketones (excluding diaryl/α,β-unsaturated/α-hetero) is 1. The fourth-order valence-electron chi connectivity index (χ4n) is 1.65. The zero-order valence-corrected chi connectivity index (χ0v) is 10.7. The Labute approximate surface area is 103 Å². The van der Waals surface area contributed by atoms with Crippen molar-refractivity contribution in [2.75, 3.05) is 33.9 Å². The maximum atomic E-state index is 11.8. The number of hydrogen-bond donors (Lipinski definition) is 0. The van der Waals surface area contributed by atoms with Crippen molar-refractivity contribution >= 4 is 5.78 Å². The number of hydrogen-bond acceptors (Lipinski definition) is 3. The molecule has 0 spiro atoms. The van der Waals surface area contributed by atoms with E-state index in [1.807, 2.05) is 37.4 Å². The molecule has 0 aliphatic carbocycles. The minimum Gasteiger partial charge on any atom is -0.385 e. The second-order valence-electron chi connectivity index (χ2n) is 4.19. The van der Waals surface area contributed by atoms with Crippen LogP contribution >= 0.6 is 0 Å². The number of nitrogens with zero attached hydrogens (tertiary/aromatic N) is 1. The Morgan fingerprint density at radius 2 is 1.94 bits per heavy atom. The summed E-state index contributed by atoms with van der Waals surface area (Å²) in [6.07, 6.45) is 1.58. The molecule has 0 radical (unpaired) electrons. The normalized spacial score (nSPS) is 10.8. The summed E-state index contributed by atoms with van der Waals surface area (Å²) in [4.78, 5) is 14.0. The molecule has 0 aliphatic heterocycles. The standard InChI is InChI=1S/C14H21NO2/c1-15(10-6-12-17-2)11-9-14(16)13-7-4-3-5-8-13/h3-5,7-8H,6,9-12H2,1-2H3. The van der Waals surface area contributed by atoms with Crippen LogP contribution in [0.1, 0.15) is 23.2 Å². The fraction of sp³-hybridized carbons (Fsp3) is 0.500. The van der Waals surface area contributed by atoms with E-state index in [1.54, 1.807) is 7.11 Å². The summed E-state index contributed by atoms with van der Waals surface area (Å²) in [7, 11) is 3.74. The molecule has 0 N–H and O–H groups in total. The predicted octanol–water partition coefficient (Wildman–Crippen LogP) is 2.23. The molecule has 3 heteroatoms. The van der Waals surface area contributed by atoms with Gasteiger partial charge in [0.2, 0.25) is 0 Å². The molecular formula is C14H21NO2. The van der Waals surface area contributed by atoms with Gasteiger partial charge in [-0.1, -0.05) is 30.3 Å². The Morgan fingerprint density at radius 3 is 2.59 bits per heavy atom. The van der Waals surface area contributed by atoms with Gasteiger partial charge in [0.25, 0.3) is 0 Å². The van der Waals surface area contributed by atoms with Gasteiger partial charge in [0, 0.05) is 38.8 Å². The van der Waals surface area contributed by atoms with Gasteiger partial charge in [0.1, 0.15) is 0 Å². The van der Waals surface area contributed by atoms with Gasteiger partial charge in [0.05, 0.1) is 0 Å². The van der Waals surface area contributed by atoms with Crippen molar-refractivity contribution < 1.29 is 9.53 Å². The van der Waals surface area contributed by atoms with E-state index in [1.165, 1.54) is 0 Å². The highest BCUT2D eigenvalue weighted by Crippen LogP contribution is 2.03. The molecule has 1 aromatic carbocycles. The van der Waals surface area contributed by atoms with Crippen molar-refractivity contribution in [3.63, 3.8) is 0 Å². The van der Waals surface area contributed by atoms with Gasteiger partial charge >= 0.3 is 0 Å². The minimum atomic E-state index is 0.212. The summed E-state index contributed by atoms with van der Waals surface area (Å²) in [5.74, 6) is 0.212. The number of ether oxygens (including phenoxy) is 1. The van der Waals surface area contributed by atoms with Crippen molar-refractivity contribution in [1.29, 1.82) is 0 Å². The summed E-state index contributed by atoms with van der Waals surface area (Å²) in [6, 6.07) is 9.46. The van der Waals surface area contributed by atoms with Gasteiger partial charge in [-0.15, -0.1) is 0 Å². The number of carbonyl (C=O) groups is 1. The van der Waals surface area contributed by atoms with E-state index in [4.69, 9.17) is 4.74 Å². The van der Waals surface area contributed by atoms with Crippen molar-refractivity contribution in [2.24, 2.45) is 0 Å². The molecule has 0 aromatic heterocycles. The summed E-state index contributed by atoms with van der Waals surface area (Å²) in [6.45, 7) is 2.55. The first-order valence-electron chi connectivity index (χ1n) is 5.99. The molecule has 0 fully saturated rings. The molecule has 0 saturated carbocycles. The highest BCUT2D eigenvalue weighted by molar-refractivity contribution is 5.96. The van der Waals surface area contributed by atoms with Crippen LogP contribution in [0.2, 0.25) is 0 Å². The molecule has 0 heterocycles. The smallest absolute Gasteiger partial charge is 0.164 e. The third-order valence-corrected chi connectivity index (χ3v) is 2.70. The predicted molar refractivity (Wildman–Crippen MR) is 69.4 cm³/mol. The Kier molecular flexibility index (Phi) is 6.51. The van der Waals surface area contributed by atoms with E-state index >= 15 is 0 Å². The lowest BCUT2D eigenvalue weighted by Crippen LogP contribution is -2.23. The first kappa shape index (κ1) is 13.9. The van der Waals surface area contributed by atoms with Crippen molar-refractivity contribution in [1.82, 2.24) is 4.90 Å². The highest BCUT2D eigenvalue weighted by Gasteiger charge is 2.06. The maximum absolute atomic E-state index is 11.8. The highest BCUT2D eigenvalue weighted by atomic mass is 16.5. The SMILES string of the molecule is COCCCN(C)CCC(=O)c1ccccc1. The third-order valence-electron chi connectivity index (χ3n) is 2.70. The molecule has 1 rings (SSSR count). The van der Waals surface area contributed by atoms with Crippen LogP contribution in [-0.4, -0.2) is 44.5 Å². The Balaban J connectivity index is 2.24. The van der Waals surface area contributed by atoms with Crippen LogP contribution in [0.15, 0.2) is 30.3 Å². The molecule has 17 heavy (non-hydrogen) atoms. The lowest BCUT2D eigenvalue weighted by molar-refractivity contribution is 0.0967. The summed E-state index contributed by atoms with van der Waals surface area (Å²) in [5, 5.41) is 0. The van der Waals surface area contributed by atoms with Crippen LogP contribution in [0, 0.1) is 0 Å². The number of carbonyl (C=O) groups excluding carboxylic acids is 1. The van der Waals surface area contributed by atoms with Gasteiger partial charge < -0.3 is 9.64 Å². The maximum Gasteiger partial charge on any atom is 0.164 e. The molecular weight excluding hydrogens is 214 g/mol. The number of methoxy groups -OCH3 is 1. The number of ketones is 1. The molecule has 0 aliphatic rings. The Morgan fingerprint density at radius 1 is 1.24 bits per heavy atom. The van der Waals surface area contributed by atoms with Crippen LogP contribution in [0.3, 0.4) is 0 Å². The first-order valence-corrected chi connectivity index (χ1v) is 5.99. The average molecular weight is 235 g/mol. The second-order valence-corrected chi connectivity index (χ2v) is 4.19. The molecule has 0 saturated heterocycles. The summed E-state index contributed by atoms with van der Waals surface area (Å²) >= 11 is 0. The molecule has 0 bridgehead atoms. The second kappa shape index (κ2) is 7.98. The first-order chi connectivity index (χ1) is 8.24. The molecule has 0 amide bonds. The molecule has 0 atom stereocenters.